The molecule has 0 amide bonds. The van der Waals surface area contributed by atoms with Gasteiger partial charge in [0.1, 0.15) is 5.75 Å². The zero-order valence-corrected chi connectivity index (χ0v) is 20.8. The lowest BCUT2D eigenvalue weighted by Crippen LogP contribution is -2.13. The zero-order chi connectivity index (χ0) is 26.6. The van der Waals surface area contributed by atoms with E-state index in [1.807, 2.05) is 0 Å². The summed E-state index contributed by atoms with van der Waals surface area (Å²) in [5.41, 5.74) is 0.337. The molecule has 0 aromatic heterocycles. The number of carbonyl (C=O) groups is 5. The van der Waals surface area contributed by atoms with E-state index in [1.54, 1.807) is 38.1 Å². The van der Waals surface area contributed by atoms with Crippen LogP contribution in [0.15, 0.2) is 24.3 Å². The van der Waals surface area contributed by atoms with Crippen LogP contribution in [0.4, 0.5) is 0 Å². The molecular formula is C25H34O11. The van der Waals surface area contributed by atoms with Gasteiger partial charge in [-0.1, -0.05) is 0 Å². The molecule has 0 saturated carbocycles. The average molecular weight is 511 g/mol. The van der Waals surface area contributed by atoms with Crippen molar-refractivity contribution < 1.29 is 52.4 Å². The van der Waals surface area contributed by atoms with Crippen molar-refractivity contribution in [3.63, 3.8) is 0 Å². The molecule has 1 aromatic rings. The van der Waals surface area contributed by atoms with Crippen LogP contribution in [-0.4, -0.2) is 69.5 Å². The number of ether oxygens (including phenoxy) is 6. The molecule has 0 radical (unpaired) electrons. The highest BCUT2D eigenvalue weighted by atomic mass is 16.6. The Labute approximate surface area is 210 Å². The number of rotatable bonds is 18. The molecule has 0 bridgehead atoms. The number of benzene rings is 1. The highest BCUT2D eigenvalue weighted by molar-refractivity contribution is 5.89. The summed E-state index contributed by atoms with van der Waals surface area (Å²) in [5, 5.41) is 0. The first-order chi connectivity index (χ1) is 17.3. The van der Waals surface area contributed by atoms with Crippen molar-refractivity contribution in [3.05, 3.63) is 29.8 Å². The lowest BCUT2D eigenvalue weighted by molar-refractivity contribution is -0.150. The monoisotopic (exact) mass is 510 g/mol. The molecule has 0 aliphatic carbocycles. The van der Waals surface area contributed by atoms with Gasteiger partial charge >= 0.3 is 29.8 Å². The minimum absolute atomic E-state index is 0.00996. The third-order valence-corrected chi connectivity index (χ3v) is 4.37. The SMILES string of the molecule is CCOC(=O)CCC(=O)OCCCOC(=O)c1ccc(OCCCOC(=O)CCC(=O)OCC)cc1. The molecule has 0 aliphatic rings. The van der Waals surface area contributed by atoms with Crippen molar-refractivity contribution in [2.24, 2.45) is 0 Å². The molecule has 0 spiro atoms. The van der Waals surface area contributed by atoms with Gasteiger partial charge in [-0.25, -0.2) is 4.79 Å². The van der Waals surface area contributed by atoms with Crippen molar-refractivity contribution >= 4 is 29.8 Å². The maximum Gasteiger partial charge on any atom is 0.338 e. The molecule has 1 rings (SSSR count). The van der Waals surface area contributed by atoms with E-state index in [0.717, 1.165) is 0 Å². The molecular weight excluding hydrogens is 476 g/mol. The maximum absolute atomic E-state index is 12.1. The van der Waals surface area contributed by atoms with Gasteiger partial charge in [0.2, 0.25) is 0 Å². The molecule has 0 fully saturated rings. The van der Waals surface area contributed by atoms with Crippen LogP contribution in [0.1, 0.15) is 62.7 Å². The average Bonchev–Trinajstić information content (AvgIpc) is 2.86. The van der Waals surface area contributed by atoms with Gasteiger partial charge in [-0.3, -0.25) is 19.2 Å². The van der Waals surface area contributed by atoms with Crippen LogP contribution in [0.3, 0.4) is 0 Å². The molecule has 0 heterocycles. The van der Waals surface area contributed by atoms with Crippen LogP contribution in [0, 0.1) is 0 Å². The van der Waals surface area contributed by atoms with Crippen molar-refractivity contribution in [1.29, 1.82) is 0 Å². The topological polar surface area (TPSA) is 141 Å². The third kappa shape index (κ3) is 14.6. The molecule has 36 heavy (non-hydrogen) atoms. The standard InChI is InChI=1S/C25H34O11/c1-3-31-21(26)11-13-23(28)34-16-5-15-33-20-9-7-19(8-10-20)25(30)36-18-6-17-35-24(29)14-12-22(27)32-4-2/h7-10H,3-6,11-18H2,1-2H3. The van der Waals surface area contributed by atoms with Gasteiger partial charge in [0.05, 0.1) is 70.9 Å². The third-order valence-electron chi connectivity index (χ3n) is 4.37. The summed E-state index contributed by atoms with van der Waals surface area (Å²) in [4.78, 5) is 57.5. The molecule has 11 heteroatoms. The van der Waals surface area contributed by atoms with Gasteiger partial charge < -0.3 is 28.4 Å². The number of esters is 5. The summed E-state index contributed by atoms with van der Waals surface area (Å²) in [6.07, 6.45) is 0.653. The van der Waals surface area contributed by atoms with Crippen LogP contribution in [0.25, 0.3) is 0 Å². The Morgan fingerprint density at radius 2 is 0.972 bits per heavy atom. The van der Waals surface area contributed by atoms with E-state index >= 15 is 0 Å². The first kappa shape index (κ1) is 30.4. The van der Waals surface area contributed by atoms with Crippen molar-refractivity contribution in [2.75, 3.05) is 39.6 Å². The van der Waals surface area contributed by atoms with Gasteiger partial charge in [-0.05, 0) is 38.1 Å². The van der Waals surface area contributed by atoms with Gasteiger partial charge in [-0.15, -0.1) is 0 Å². The molecule has 0 unspecified atom stereocenters. The molecule has 1 aromatic carbocycles. The highest BCUT2D eigenvalue weighted by Crippen LogP contribution is 2.13. The predicted molar refractivity (Wildman–Crippen MR) is 125 cm³/mol. The summed E-state index contributed by atoms with van der Waals surface area (Å²) >= 11 is 0. The largest absolute Gasteiger partial charge is 0.493 e. The van der Waals surface area contributed by atoms with Crippen molar-refractivity contribution in [2.45, 2.75) is 52.4 Å². The van der Waals surface area contributed by atoms with Crippen molar-refractivity contribution in [1.82, 2.24) is 0 Å². The van der Waals surface area contributed by atoms with Gasteiger partial charge in [0.25, 0.3) is 0 Å². The van der Waals surface area contributed by atoms with Crippen molar-refractivity contribution in [3.8, 4) is 5.75 Å². The normalized spacial score (nSPS) is 10.2. The van der Waals surface area contributed by atoms with Crippen LogP contribution in [0.2, 0.25) is 0 Å². The van der Waals surface area contributed by atoms with Gasteiger partial charge in [0, 0.05) is 12.8 Å². The quantitative estimate of drug-likeness (QED) is 0.163. The zero-order valence-electron chi connectivity index (χ0n) is 20.8. The molecule has 0 aliphatic heterocycles. The molecule has 11 nitrogen and oxygen atoms in total. The van der Waals surface area contributed by atoms with E-state index in [-0.39, 0.29) is 58.7 Å². The Balaban J connectivity index is 2.14. The van der Waals surface area contributed by atoms with E-state index in [9.17, 15) is 24.0 Å². The summed E-state index contributed by atoms with van der Waals surface area (Å²) in [5.74, 6) is -1.87. The number of carbonyl (C=O) groups excluding carboxylic acids is 5. The lowest BCUT2D eigenvalue weighted by atomic mass is 10.2. The summed E-state index contributed by atoms with van der Waals surface area (Å²) in [7, 11) is 0. The minimum atomic E-state index is -0.523. The maximum atomic E-state index is 12.1. The Kier molecular flexibility index (Phi) is 15.8. The van der Waals surface area contributed by atoms with E-state index in [1.165, 1.54) is 0 Å². The fourth-order valence-electron chi connectivity index (χ4n) is 2.63. The first-order valence-corrected chi connectivity index (χ1v) is 11.9. The van der Waals surface area contributed by atoms with E-state index in [0.29, 0.717) is 30.8 Å². The Morgan fingerprint density at radius 3 is 1.44 bits per heavy atom. The van der Waals surface area contributed by atoms with Gasteiger partial charge in [-0.2, -0.15) is 0 Å². The van der Waals surface area contributed by atoms with Crippen LogP contribution in [0.5, 0.6) is 5.75 Å². The smallest absolute Gasteiger partial charge is 0.338 e. The predicted octanol–water partition coefficient (Wildman–Crippen LogP) is 2.78. The van der Waals surface area contributed by atoms with E-state index in [4.69, 9.17) is 28.4 Å². The number of hydrogen-bond acceptors (Lipinski definition) is 11. The molecule has 0 saturated heterocycles. The van der Waals surface area contributed by atoms with Crippen LogP contribution in [-0.2, 0) is 42.9 Å². The second kappa shape index (κ2) is 18.7. The second-order valence-electron chi connectivity index (χ2n) is 7.27. The highest BCUT2D eigenvalue weighted by Gasteiger charge is 2.11. The summed E-state index contributed by atoms with van der Waals surface area (Å²) < 4.78 is 30.1. The number of hydrogen-bond donors (Lipinski definition) is 0. The molecule has 200 valence electrons. The molecule has 0 atom stereocenters. The second-order valence-corrected chi connectivity index (χ2v) is 7.27. The van der Waals surface area contributed by atoms with E-state index in [2.05, 4.69) is 0 Å². The van der Waals surface area contributed by atoms with E-state index < -0.39 is 29.8 Å². The molecule has 0 N–H and O–H groups in total. The Bertz CT molecular complexity index is 833. The Morgan fingerprint density at radius 1 is 0.556 bits per heavy atom. The lowest BCUT2D eigenvalue weighted by Gasteiger charge is -2.09. The summed E-state index contributed by atoms with van der Waals surface area (Å²) in [6.45, 7) is 4.51. The minimum Gasteiger partial charge on any atom is -0.493 e. The van der Waals surface area contributed by atoms with Crippen LogP contribution < -0.4 is 4.74 Å². The fraction of sp³-hybridized carbons (Fsp3) is 0.560. The fourth-order valence-corrected chi connectivity index (χ4v) is 2.63. The van der Waals surface area contributed by atoms with Gasteiger partial charge in [0.15, 0.2) is 0 Å². The first-order valence-electron chi connectivity index (χ1n) is 11.9. The summed E-state index contributed by atoms with van der Waals surface area (Å²) in [6, 6.07) is 6.35. The Hall–Kier alpha value is -3.63. The van der Waals surface area contributed by atoms with Crippen LogP contribution >= 0.6 is 0 Å².